The maximum atomic E-state index is 13.6. The van der Waals surface area contributed by atoms with Crippen LogP contribution < -0.4 is 5.56 Å². The van der Waals surface area contributed by atoms with Crippen molar-refractivity contribution in [3.63, 3.8) is 0 Å². The molecular formula is C23H21F3N4O3S. The summed E-state index contributed by atoms with van der Waals surface area (Å²) in [4.78, 5) is 21.7. The van der Waals surface area contributed by atoms with Gasteiger partial charge in [-0.05, 0) is 25.1 Å². The van der Waals surface area contributed by atoms with Gasteiger partial charge in [-0.15, -0.1) is 0 Å². The second-order valence-electron chi connectivity index (χ2n) is 7.62. The predicted molar refractivity (Wildman–Crippen MR) is 122 cm³/mol. The molecular weight excluding hydrogens is 469 g/mol. The molecule has 0 saturated heterocycles. The lowest BCUT2D eigenvalue weighted by Gasteiger charge is -2.14. The van der Waals surface area contributed by atoms with E-state index in [0.29, 0.717) is 10.3 Å². The largest absolute Gasteiger partial charge is 0.431 e. The number of hydrogen-bond acceptors (Lipinski definition) is 5. The normalized spacial score (nSPS) is 12.4. The van der Waals surface area contributed by atoms with Crippen molar-refractivity contribution < 1.29 is 21.6 Å². The van der Waals surface area contributed by atoms with Crippen LogP contribution in [0.1, 0.15) is 19.5 Å². The molecule has 0 unspecified atom stereocenters. The van der Waals surface area contributed by atoms with Gasteiger partial charge in [-0.2, -0.15) is 13.2 Å². The molecule has 0 amide bonds. The molecule has 11 heteroatoms. The minimum absolute atomic E-state index is 0.0149. The number of aromatic nitrogens is 4. The highest BCUT2D eigenvalue weighted by Gasteiger charge is 2.36. The van der Waals surface area contributed by atoms with E-state index in [0.717, 1.165) is 11.6 Å². The first-order valence-electron chi connectivity index (χ1n) is 10.5. The lowest BCUT2D eigenvalue weighted by Crippen LogP contribution is -2.28. The van der Waals surface area contributed by atoms with Crippen molar-refractivity contribution in [1.29, 1.82) is 0 Å². The molecule has 0 aliphatic heterocycles. The first-order chi connectivity index (χ1) is 16.0. The number of rotatable bonds is 5. The van der Waals surface area contributed by atoms with Gasteiger partial charge in [-0.25, -0.2) is 18.4 Å². The average molecular weight is 491 g/mol. The fourth-order valence-corrected chi connectivity index (χ4v) is 4.88. The molecule has 178 valence electrons. The lowest BCUT2D eigenvalue weighted by atomic mass is 10.1. The predicted octanol–water partition coefficient (Wildman–Crippen LogP) is 4.30. The highest BCUT2D eigenvalue weighted by molar-refractivity contribution is 7.91. The summed E-state index contributed by atoms with van der Waals surface area (Å²) in [6.45, 7) is 2.73. The molecule has 0 N–H and O–H groups in total. The Morgan fingerprint density at radius 3 is 2.26 bits per heavy atom. The molecule has 3 heterocycles. The van der Waals surface area contributed by atoms with Gasteiger partial charge in [0.1, 0.15) is 16.9 Å². The van der Waals surface area contributed by atoms with Crippen LogP contribution in [0.4, 0.5) is 13.2 Å². The minimum Gasteiger partial charge on any atom is -0.321 e. The Kier molecular flexibility index (Phi) is 5.84. The molecule has 0 aliphatic rings. The third-order valence-corrected chi connectivity index (χ3v) is 7.36. The number of nitrogens with zero attached hydrogens (tertiary/aromatic N) is 4. The first kappa shape index (κ1) is 23.7. The van der Waals surface area contributed by atoms with E-state index in [2.05, 4.69) is 9.97 Å². The summed E-state index contributed by atoms with van der Waals surface area (Å²) in [6, 6.07) is 12.8. The Hall–Kier alpha value is -3.47. The smallest absolute Gasteiger partial charge is 0.321 e. The van der Waals surface area contributed by atoms with E-state index in [1.165, 1.54) is 31.5 Å². The van der Waals surface area contributed by atoms with E-state index in [9.17, 15) is 26.4 Å². The maximum absolute atomic E-state index is 13.6. The summed E-state index contributed by atoms with van der Waals surface area (Å²) in [6.07, 6.45) is -4.76. The monoisotopic (exact) mass is 490 g/mol. The average Bonchev–Trinajstić information content (AvgIpc) is 3.15. The number of alkyl halides is 3. The third-order valence-electron chi connectivity index (χ3n) is 5.60. The maximum Gasteiger partial charge on any atom is 0.431 e. The van der Waals surface area contributed by atoms with E-state index in [4.69, 9.17) is 0 Å². The van der Waals surface area contributed by atoms with Gasteiger partial charge in [0.25, 0.3) is 5.56 Å². The zero-order valence-corrected chi connectivity index (χ0v) is 19.4. The van der Waals surface area contributed by atoms with Crippen LogP contribution in [0.2, 0.25) is 0 Å². The topological polar surface area (TPSA) is 86.8 Å². The first-order valence-corrected chi connectivity index (χ1v) is 12.1. The van der Waals surface area contributed by atoms with E-state index < -0.39 is 27.3 Å². The second kappa shape index (κ2) is 8.39. The minimum atomic E-state index is -4.76. The number of pyridine rings is 2. The van der Waals surface area contributed by atoms with E-state index in [-0.39, 0.29) is 39.7 Å². The Bertz CT molecular complexity index is 1560. The fourth-order valence-electron chi connectivity index (χ4n) is 3.86. The third kappa shape index (κ3) is 3.89. The summed E-state index contributed by atoms with van der Waals surface area (Å²) >= 11 is 0. The number of hydrogen-bond donors (Lipinski definition) is 0. The Morgan fingerprint density at radius 2 is 1.68 bits per heavy atom. The van der Waals surface area contributed by atoms with Crippen LogP contribution in [0, 0.1) is 0 Å². The van der Waals surface area contributed by atoms with Crippen LogP contribution in [-0.2, 0) is 29.6 Å². The van der Waals surface area contributed by atoms with Gasteiger partial charge in [0.2, 0.25) is 0 Å². The summed E-state index contributed by atoms with van der Waals surface area (Å²) in [5.41, 5.74) is -1.10. The molecule has 0 spiro atoms. The molecule has 0 fully saturated rings. The van der Waals surface area contributed by atoms with Crippen molar-refractivity contribution in [2.45, 2.75) is 31.5 Å². The number of aryl methyl sites for hydroxylation is 1. The zero-order chi connectivity index (χ0) is 24.8. The summed E-state index contributed by atoms with van der Waals surface area (Å²) in [7, 11) is -2.31. The second-order valence-corrected chi connectivity index (χ2v) is 9.86. The van der Waals surface area contributed by atoms with Crippen LogP contribution in [0.15, 0.2) is 58.2 Å². The fraction of sp³-hybridized carbons (Fsp3) is 0.261. The lowest BCUT2D eigenvalue weighted by molar-refractivity contribution is -0.144. The number of sulfone groups is 1. The van der Waals surface area contributed by atoms with Gasteiger partial charge in [0.15, 0.2) is 15.7 Å². The van der Waals surface area contributed by atoms with Gasteiger partial charge in [-0.3, -0.25) is 4.79 Å². The molecule has 0 bridgehead atoms. The van der Waals surface area contributed by atoms with Gasteiger partial charge < -0.3 is 9.13 Å². The molecule has 0 saturated carbocycles. The van der Waals surface area contributed by atoms with Crippen molar-refractivity contribution in [3.05, 3.63) is 64.6 Å². The number of imidazole rings is 1. The van der Waals surface area contributed by atoms with Crippen LogP contribution in [0.25, 0.3) is 33.8 Å². The van der Waals surface area contributed by atoms with Crippen molar-refractivity contribution in [2.24, 2.45) is 7.05 Å². The highest BCUT2D eigenvalue weighted by atomic mass is 32.2. The molecule has 0 atom stereocenters. The molecule has 34 heavy (non-hydrogen) atoms. The highest BCUT2D eigenvalue weighted by Crippen LogP contribution is 2.33. The Morgan fingerprint density at radius 1 is 1.00 bits per heavy atom. The van der Waals surface area contributed by atoms with Gasteiger partial charge in [0, 0.05) is 19.2 Å². The number of fused-ring (bicyclic) bond motifs is 1. The summed E-state index contributed by atoms with van der Waals surface area (Å²) in [5, 5.41) is 0. The molecule has 4 aromatic rings. The van der Waals surface area contributed by atoms with Crippen LogP contribution in [0.5, 0.6) is 0 Å². The molecule has 4 rings (SSSR count). The van der Waals surface area contributed by atoms with Gasteiger partial charge >= 0.3 is 6.18 Å². The molecule has 7 nitrogen and oxygen atoms in total. The standard InChI is InChI=1S/C23H21F3N4O3S/c1-4-30-18(23(24,25)26)13-16-20(22(30)31)29(3)21(28-16)19-17(34(32,33)5-2)12-11-15(27-19)14-9-7-6-8-10-14/h6-13H,4-5H2,1-3H3. The van der Waals surface area contributed by atoms with Crippen molar-refractivity contribution in [3.8, 4) is 22.8 Å². The molecule has 0 radical (unpaired) electrons. The van der Waals surface area contributed by atoms with E-state index in [1.807, 2.05) is 6.07 Å². The zero-order valence-electron chi connectivity index (χ0n) is 18.6. The number of benzene rings is 1. The quantitative estimate of drug-likeness (QED) is 0.416. The SMILES string of the molecule is CCn1c(C(F)(F)F)cc2nc(-c3nc(-c4ccccc4)ccc3S(=O)(=O)CC)n(C)c2c1=O. The molecule has 1 aromatic carbocycles. The van der Waals surface area contributed by atoms with Crippen molar-refractivity contribution in [1.82, 2.24) is 19.1 Å². The van der Waals surface area contributed by atoms with Gasteiger partial charge in [-0.1, -0.05) is 37.3 Å². The summed E-state index contributed by atoms with van der Waals surface area (Å²) < 4.78 is 68.4. The van der Waals surface area contributed by atoms with Crippen molar-refractivity contribution >= 4 is 20.9 Å². The van der Waals surface area contributed by atoms with Gasteiger partial charge in [0.05, 0.1) is 21.9 Å². The van der Waals surface area contributed by atoms with E-state index >= 15 is 0 Å². The van der Waals surface area contributed by atoms with Crippen LogP contribution in [-0.4, -0.2) is 33.3 Å². The van der Waals surface area contributed by atoms with Crippen molar-refractivity contribution in [2.75, 3.05) is 5.75 Å². The summed E-state index contributed by atoms with van der Waals surface area (Å²) in [5.74, 6) is -0.226. The van der Waals surface area contributed by atoms with E-state index in [1.54, 1.807) is 30.3 Å². The van der Waals surface area contributed by atoms with Crippen LogP contribution >= 0.6 is 0 Å². The Balaban J connectivity index is 2.08. The molecule has 0 aliphatic carbocycles. The van der Waals surface area contributed by atoms with Crippen LogP contribution in [0.3, 0.4) is 0 Å². The molecule has 3 aromatic heterocycles. The number of halogens is 3. The Labute approximate surface area is 193 Å².